The number of nitrogens with zero attached hydrogens (tertiary/aromatic N) is 3. The molecule has 0 aliphatic rings. The molecule has 0 aliphatic carbocycles. The monoisotopic (exact) mass is 655 g/mol. The lowest BCUT2D eigenvalue weighted by Crippen LogP contribution is -2.48. The van der Waals surface area contributed by atoms with E-state index in [0.717, 1.165) is 66.3 Å². The van der Waals surface area contributed by atoms with Crippen molar-refractivity contribution in [3.63, 3.8) is 0 Å². The van der Waals surface area contributed by atoms with Gasteiger partial charge in [0, 0.05) is 17.3 Å². The largest absolute Gasteiger partial charge is 0.508 e. The van der Waals surface area contributed by atoms with Gasteiger partial charge in [0.15, 0.2) is 0 Å². The molecule has 0 fully saturated rings. The van der Waals surface area contributed by atoms with Gasteiger partial charge in [0.05, 0.1) is 28.0 Å². The summed E-state index contributed by atoms with van der Waals surface area (Å²) in [4.78, 5) is 9.63. The average Bonchev–Trinajstić information content (AvgIpc) is 3.57. The summed E-state index contributed by atoms with van der Waals surface area (Å²) in [5, 5.41) is 15.8. The maximum Gasteiger partial charge on any atom is 0.148 e. The Morgan fingerprint density at radius 2 is 1.10 bits per heavy atom. The molecule has 0 unspecified atom stereocenters. The van der Waals surface area contributed by atoms with Crippen LogP contribution < -0.4 is 21.9 Å². The first-order chi connectivity index (χ1) is 25.4. The third kappa shape index (κ3) is 4.90. The summed E-state index contributed by atoms with van der Waals surface area (Å²) < 4.78 is 2.01. The molecule has 0 amide bonds. The van der Waals surface area contributed by atoms with Gasteiger partial charge in [0.2, 0.25) is 0 Å². The summed E-state index contributed by atoms with van der Waals surface area (Å²) in [5.74, 6) is 0.116. The molecule has 0 aliphatic heterocycles. The van der Waals surface area contributed by atoms with Gasteiger partial charge in [-0.25, -0.2) is 4.98 Å². The van der Waals surface area contributed by atoms with Gasteiger partial charge in [-0.3, -0.25) is 9.55 Å². The van der Waals surface area contributed by atoms with Gasteiger partial charge < -0.3 is 5.11 Å². The molecule has 0 saturated carbocycles. The highest BCUT2D eigenvalue weighted by Crippen LogP contribution is 2.46. The molecule has 9 rings (SSSR count). The van der Waals surface area contributed by atoms with Crippen molar-refractivity contribution >= 4 is 85.8 Å². The molecule has 0 spiro atoms. The maximum absolute atomic E-state index is 11.4. The van der Waals surface area contributed by atoms with Gasteiger partial charge in [-0.15, -0.1) is 10.9 Å². The number of hydrogen-bond acceptors (Lipinski definition) is 3. The topological polar surface area (TPSA) is 50.9 Å². The average molecular weight is 655 g/mol. The van der Waals surface area contributed by atoms with Crippen LogP contribution >= 0.6 is 0 Å². The van der Waals surface area contributed by atoms with Crippen molar-refractivity contribution < 1.29 is 5.11 Å². The van der Waals surface area contributed by atoms with E-state index in [-0.39, 0.29) is 33.2 Å². The minimum atomic E-state index is -0.272. The highest BCUT2D eigenvalue weighted by Gasteiger charge is 2.25. The Kier molecular flexibility index (Phi) is 7.62. The third-order valence-corrected chi connectivity index (χ3v) is 9.87. The predicted octanol–water partition coefficient (Wildman–Crippen LogP) is 6.28. The minimum Gasteiger partial charge on any atom is -0.508 e. The van der Waals surface area contributed by atoms with E-state index in [1.165, 1.54) is 0 Å². The van der Waals surface area contributed by atoms with Crippen LogP contribution in [0.5, 0.6) is 5.75 Å². The summed E-state index contributed by atoms with van der Waals surface area (Å²) in [5.41, 5.74) is 8.98. The summed E-state index contributed by atoms with van der Waals surface area (Å²) in [6.07, 6.45) is 1.82. The fourth-order valence-corrected chi connectivity index (χ4v) is 7.46. The van der Waals surface area contributed by atoms with Gasteiger partial charge in [-0.05, 0) is 74.6 Å². The summed E-state index contributed by atoms with van der Waals surface area (Å²) in [7, 11) is 25.3. The number of phenolic OH excluding ortho intramolecular Hbond substituents is 1. The van der Waals surface area contributed by atoms with E-state index in [0.29, 0.717) is 11.3 Å². The quantitative estimate of drug-likeness (QED) is 0.176. The Hall–Kier alpha value is -6.26. The second kappa shape index (κ2) is 12.5. The molecule has 8 heteroatoms. The van der Waals surface area contributed by atoms with Crippen LogP contribution in [0.3, 0.4) is 0 Å². The minimum absolute atomic E-state index is 0.0328. The second-order valence-corrected chi connectivity index (χ2v) is 12.8. The fourth-order valence-electron chi connectivity index (χ4n) is 7.46. The number of fused-ring (bicyclic) bond motifs is 3. The fraction of sp³-hybridized carbons (Fsp3) is 0. The Morgan fingerprint density at radius 1 is 0.500 bits per heavy atom. The first kappa shape index (κ1) is 31.7. The van der Waals surface area contributed by atoms with Crippen LogP contribution in [0.15, 0.2) is 146 Å². The van der Waals surface area contributed by atoms with Crippen molar-refractivity contribution in [3.8, 4) is 56.3 Å². The van der Waals surface area contributed by atoms with Crippen molar-refractivity contribution in [3.05, 3.63) is 146 Å². The Labute approximate surface area is 306 Å². The molecular formula is C44H25B4N3O. The number of phenols is 1. The van der Waals surface area contributed by atoms with Crippen molar-refractivity contribution in [2.75, 3.05) is 0 Å². The summed E-state index contributed by atoms with van der Waals surface area (Å²) in [6, 6.07) is 47.6. The lowest BCUT2D eigenvalue weighted by Gasteiger charge is -2.22. The smallest absolute Gasteiger partial charge is 0.148 e. The highest BCUT2D eigenvalue weighted by molar-refractivity contribution is 6.64. The number of para-hydroxylation sites is 3. The van der Waals surface area contributed by atoms with Crippen molar-refractivity contribution in [1.29, 1.82) is 0 Å². The van der Waals surface area contributed by atoms with Crippen LogP contribution in [-0.2, 0) is 0 Å². The van der Waals surface area contributed by atoms with Crippen molar-refractivity contribution in [2.45, 2.75) is 0 Å². The number of aromatic nitrogens is 3. The molecule has 1 N–H and O–H groups in total. The Morgan fingerprint density at radius 3 is 1.81 bits per heavy atom. The highest BCUT2D eigenvalue weighted by atomic mass is 16.3. The normalized spacial score (nSPS) is 11.5. The van der Waals surface area contributed by atoms with E-state index in [1.807, 2.05) is 65.4 Å². The molecule has 4 nitrogen and oxygen atoms in total. The Bertz CT molecular complexity index is 2780. The zero-order valence-corrected chi connectivity index (χ0v) is 28.0. The van der Waals surface area contributed by atoms with Gasteiger partial charge in [-0.1, -0.05) is 114 Å². The number of imidazole rings is 1. The predicted molar refractivity (Wildman–Crippen MR) is 219 cm³/mol. The summed E-state index contributed by atoms with van der Waals surface area (Å²) >= 11 is 0. The molecular weight excluding hydrogens is 630 g/mol. The molecule has 52 heavy (non-hydrogen) atoms. The van der Waals surface area contributed by atoms with E-state index in [9.17, 15) is 5.11 Å². The molecule has 2 aromatic heterocycles. The molecule has 8 radical (unpaired) electrons. The lowest BCUT2D eigenvalue weighted by atomic mass is 9.65. The molecule has 0 bridgehead atoms. The SMILES string of the molecule is [B]c1c([B])c([B])c(-c2nc3ccccc3n2-c2ccccc2-c2c3ccccc3c(-c3cccc(-c4ccccn4)c3)c3ccccc23)c(O)c1[B]. The Balaban J connectivity index is 1.37. The van der Waals surface area contributed by atoms with Gasteiger partial charge in [0.25, 0.3) is 0 Å². The lowest BCUT2D eigenvalue weighted by molar-refractivity contribution is 0.482. The number of benzene rings is 7. The van der Waals surface area contributed by atoms with Crippen LogP contribution in [-0.4, -0.2) is 51.0 Å². The molecule has 0 atom stereocenters. The molecule has 9 aromatic rings. The van der Waals surface area contributed by atoms with Gasteiger partial charge in [0.1, 0.15) is 43.0 Å². The van der Waals surface area contributed by atoms with E-state index in [4.69, 9.17) is 36.4 Å². The van der Waals surface area contributed by atoms with Crippen molar-refractivity contribution in [1.82, 2.24) is 14.5 Å². The van der Waals surface area contributed by atoms with Crippen LogP contribution in [0.1, 0.15) is 0 Å². The zero-order chi connectivity index (χ0) is 35.5. The second-order valence-electron chi connectivity index (χ2n) is 12.8. The van der Waals surface area contributed by atoms with E-state index >= 15 is 0 Å². The third-order valence-electron chi connectivity index (χ3n) is 9.87. The molecule has 0 saturated heterocycles. The van der Waals surface area contributed by atoms with Crippen LogP contribution in [0.25, 0.3) is 83.2 Å². The first-order valence-corrected chi connectivity index (χ1v) is 16.9. The molecule has 2 heterocycles. The number of hydrogen-bond donors (Lipinski definition) is 1. The number of pyridine rings is 1. The molecule has 234 valence electrons. The zero-order valence-electron chi connectivity index (χ0n) is 28.0. The maximum atomic E-state index is 11.4. The van der Waals surface area contributed by atoms with Crippen LogP contribution in [0.2, 0.25) is 0 Å². The first-order valence-electron chi connectivity index (χ1n) is 16.9. The summed E-state index contributed by atoms with van der Waals surface area (Å²) in [6.45, 7) is 0. The standard InChI is InChI=1S/C44H25B4N3O/c45-39-38(43(52)42(48)41(47)40(39)46)44-50-33-20-6-8-22-35(33)51(44)34-21-7-5-18-31(34)37-29-16-3-1-14-27(29)36(28-15-2-4-17-30(28)37)26-13-11-12-25(24-26)32-19-9-10-23-49-32/h1-24,52H. The van der Waals surface area contributed by atoms with E-state index in [2.05, 4.69) is 89.9 Å². The van der Waals surface area contributed by atoms with Crippen LogP contribution in [0.4, 0.5) is 0 Å². The van der Waals surface area contributed by atoms with Gasteiger partial charge in [-0.2, -0.15) is 0 Å². The van der Waals surface area contributed by atoms with E-state index in [1.54, 1.807) is 0 Å². The number of rotatable bonds is 5. The van der Waals surface area contributed by atoms with Gasteiger partial charge >= 0.3 is 0 Å². The van der Waals surface area contributed by atoms with Crippen LogP contribution in [0, 0.1) is 0 Å². The van der Waals surface area contributed by atoms with Crippen molar-refractivity contribution in [2.24, 2.45) is 0 Å². The molecule has 7 aromatic carbocycles. The number of aromatic hydroxyl groups is 1. The van der Waals surface area contributed by atoms with E-state index < -0.39 is 0 Å².